The van der Waals surface area contributed by atoms with Crippen molar-refractivity contribution in [2.75, 3.05) is 12.4 Å². The standard InChI is InChI=1S/C31H25FN6O3/c1-19(29-36-25-13-10-21(32)16-24(25)31(40)38(29)22-6-4-3-5-7-22)35-28-27-26(39)14-15-37(30(27)34-18-33-28)17-20-8-11-23(41-2)12-9-20/h3-16,18-19H,17H2,1-2H3,(H,33,34,35). The molecule has 0 saturated carbocycles. The van der Waals surface area contributed by atoms with Gasteiger partial charge in [-0.1, -0.05) is 30.3 Å². The Morgan fingerprint density at radius 3 is 2.51 bits per heavy atom. The Morgan fingerprint density at radius 1 is 0.976 bits per heavy atom. The first-order chi connectivity index (χ1) is 19.9. The average Bonchev–Trinajstić information content (AvgIpc) is 2.99. The molecule has 6 rings (SSSR count). The number of nitrogens with zero attached hydrogens (tertiary/aromatic N) is 5. The predicted octanol–water partition coefficient (Wildman–Crippen LogP) is 4.86. The van der Waals surface area contributed by atoms with Gasteiger partial charge in [-0.2, -0.15) is 0 Å². The van der Waals surface area contributed by atoms with Crippen LogP contribution in [0.1, 0.15) is 24.4 Å². The van der Waals surface area contributed by atoms with Gasteiger partial charge in [0.1, 0.15) is 40.6 Å². The molecule has 0 saturated heterocycles. The quantitative estimate of drug-likeness (QED) is 0.304. The fourth-order valence-electron chi connectivity index (χ4n) is 4.86. The summed E-state index contributed by atoms with van der Waals surface area (Å²) in [6.07, 6.45) is 3.09. The second-order valence-corrected chi connectivity index (χ2v) is 9.55. The van der Waals surface area contributed by atoms with Gasteiger partial charge in [0.15, 0.2) is 5.43 Å². The minimum absolute atomic E-state index is 0.165. The first-order valence-corrected chi connectivity index (χ1v) is 12.9. The third-order valence-electron chi connectivity index (χ3n) is 6.87. The molecule has 0 amide bonds. The summed E-state index contributed by atoms with van der Waals surface area (Å²) >= 11 is 0. The van der Waals surface area contributed by atoms with E-state index in [4.69, 9.17) is 9.72 Å². The van der Waals surface area contributed by atoms with Crippen molar-refractivity contribution in [2.45, 2.75) is 19.5 Å². The van der Waals surface area contributed by atoms with Gasteiger partial charge in [-0.3, -0.25) is 14.2 Å². The van der Waals surface area contributed by atoms with Crippen molar-refractivity contribution in [3.05, 3.63) is 129 Å². The molecule has 41 heavy (non-hydrogen) atoms. The number of benzene rings is 3. The molecule has 0 bridgehead atoms. The zero-order valence-corrected chi connectivity index (χ0v) is 22.3. The predicted molar refractivity (Wildman–Crippen MR) is 155 cm³/mol. The van der Waals surface area contributed by atoms with Crippen molar-refractivity contribution in [2.24, 2.45) is 0 Å². The van der Waals surface area contributed by atoms with Crippen LogP contribution in [-0.2, 0) is 6.54 Å². The van der Waals surface area contributed by atoms with Crippen LogP contribution < -0.4 is 21.0 Å². The summed E-state index contributed by atoms with van der Waals surface area (Å²) in [7, 11) is 1.61. The summed E-state index contributed by atoms with van der Waals surface area (Å²) in [6, 6.07) is 21.5. The number of para-hydroxylation sites is 1. The van der Waals surface area contributed by atoms with Crippen LogP contribution in [0.25, 0.3) is 27.6 Å². The lowest BCUT2D eigenvalue weighted by Crippen LogP contribution is -2.27. The summed E-state index contributed by atoms with van der Waals surface area (Å²) in [5, 5.41) is 3.76. The van der Waals surface area contributed by atoms with Gasteiger partial charge in [0, 0.05) is 18.8 Å². The van der Waals surface area contributed by atoms with E-state index >= 15 is 0 Å². The van der Waals surface area contributed by atoms with Crippen LogP contribution in [0, 0.1) is 5.82 Å². The zero-order valence-electron chi connectivity index (χ0n) is 22.3. The second-order valence-electron chi connectivity index (χ2n) is 9.55. The van der Waals surface area contributed by atoms with Crippen molar-refractivity contribution in [1.82, 2.24) is 24.1 Å². The molecule has 0 aliphatic carbocycles. The van der Waals surface area contributed by atoms with Crippen LogP contribution in [0.5, 0.6) is 5.75 Å². The summed E-state index contributed by atoms with van der Waals surface area (Å²) in [5.41, 5.74) is 1.75. The summed E-state index contributed by atoms with van der Waals surface area (Å²) in [6.45, 7) is 2.30. The van der Waals surface area contributed by atoms with Gasteiger partial charge in [-0.25, -0.2) is 19.3 Å². The van der Waals surface area contributed by atoms with Crippen LogP contribution in [0.15, 0.2) is 101 Å². The van der Waals surface area contributed by atoms with Gasteiger partial charge in [0.25, 0.3) is 5.56 Å². The molecule has 9 nitrogen and oxygen atoms in total. The molecule has 0 aliphatic heterocycles. The lowest BCUT2D eigenvalue weighted by atomic mass is 10.2. The topological polar surface area (TPSA) is 104 Å². The monoisotopic (exact) mass is 548 g/mol. The van der Waals surface area contributed by atoms with E-state index in [-0.39, 0.29) is 10.8 Å². The van der Waals surface area contributed by atoms with E-state index in [1.165, 1.54) is 35.2 Å². The Bertz CT molecular complexity index is 2010. The number of anilines is 1. The van der Waals surface area contributed by atoms with Crippen molar-refractivity contribution in [3.63, 3.8) is 0 Å². The molecule has 3 aromatic carbocycles. The van der Waals surface area contributed by atoms with E-state index in [2.05, 4.69) is 15.3 Å². The molecule has 3 heterocycles. The largest absolute Gasteiger partial charge is 0.497 e. The van der Waals surface area contributed by atoms with Gasteiger partial charge in [0.2, 0.25) is 0 Å². The van der Waals surface area contributed by atoms with Gasteiger partial charge in [-0.05, 0) is 55.0 Å². The maximum atomic E-state index is 14.0. The van der Waals surface area contributed by atoms with Crippen LogP contribution >= 0.6 is 0 Å². The fourth-order valence-corrected chi connectivity index (χ4v) is 4.86. The van der Waals surface area contributed by atoms with Gasteiger partial charge >= 0.3 is 0 Å². The summed E-state index contributed by atoms with van der Waals surface area (Å²) < 4.78 is 22.6. The second kappa shape index (κ2) is 10.6. The Labute approximate surface area is 233 Å². The third kappa shape index (κ3) is 4.91. The van der Waals surface area contributed by atoms with E-state index in [1.54, 1.807) is 25.4 Å². The van der Waals surface area contributed by atoms with Crippen molar-refractivity contribution < 1.29 is 9.13 Å². The Kier molecular flexibility index (Phi) is 6.72. The molecule has 0 radical (unpaired) electrons. The molecule has 10 heteroatoms. The van der Waals surface area contributed by atoms with E-state index < -0.39 is 17.4 Å². The maximum Gasteiger partial charge on any atom is 0.266 e. The van der Waals surface area contributed by atoms with Gasteiger partial charge in [-0.15, -0.1) is 0 Å². The summed E-state index contributed by atoms with van der Waals surface area (Å²) in [5.74, 6) is 0.919. The molecular weight excluding hydrogens is 523 g/mol. The number of halogens is 1. The van der Waals surface area contributed by atoms with Crippen LogP contribution in [-0.4, -0.2) is 31.2 Å². The zero-order chi connectivity index (χ0) is 28.5. The molecule has 1 atom stereocenters. The molecular formula is C31H25FN6O3. The number of rotatable bonds is 7. The van der Waals surface area contributed by atoms with Gasteiger partial charge in [0.05, 0.1) is 29.7 Å². The minimum Gasteiger partial charge on any atom is -0.497 e. The number of nitrogens with one attached hydrogen (secondary N) is 1. The first kappa shape index (κ1) is 25.9. The molecule has 3 aromatic heterocycles. The summed E-state index contributed by atoms with van der Waals surface area (Å²) in [4.78, 5) is 40.3. The van der Waals surface area contributed by atoms with Crippen molar-refractivity contribution in [1.29, 1.82) is 0 Å². The minimum atomic E-state index is -0.579. The lowest BCUT2D eigenvalue weighted by Gasteiger charge is -2.21. The highest BCUT2D eigenvalue weighted by molar-refractivity contribution is 5.86. The number of methoxy groups -OCH3 is 1. The molecule has 6 aromatic rings. The molecule has 1 unspecified atom stereocenters. The number of fused-ring (bicyclic) bond motifs is 2. The van der Waals surface area contributed by atoms with Crippen LogP contribution in [0.4, 0.5) is 10.2 Å². The van der Waals surface area contributed by atoms with E-state index in [0.717, 1.165) is 11.3 Å². The van der Waals surface area contributed by atoms with Crippen LogP contribution in [0.3, 0.4) is 0 Å². The number of hydrogen-bond donors (Lipinski definition) is 1. The van der Waals surface area contributed by atoms with Gasteiger partial charge < -0.3 is 14.6 Å². The highest BCUT2D eigenvalue weighted by Crippen LogP contribution is 2.24. The lowest BCUT2D eigenvalue weighted by molar-refractivity contribution is 0.414. The first-order valence-electron chi connectivity index (χ1n) is 12.9. The number of hydrogen-bond acceptors (Lipinski definition) is 7. The molecule has 204 valence electrons. The fraction of sp³-hybridized carbons (Fsp3) is 0.129. The normalized spacial score (nSPS) is 12.0. The van der Waals surface area contributed by atoms with Crippen LogP contribution in [0.2, 0.25) is 0 Å². The molecule has 0 aliphatic rings. The molecule has 0 fully saturated rings. The van der Waals surface area contributed by atoms with E-state index in [1.807, 2.05) is 54.0 Å². The average molecular weight is 549 g/mol. The Morgan fingerprint density at radius 2 is 1.76 bits per heavy atom. The SMILES string of the molecule is COc1ccc(Cn2ccc(=O)c3c(NC(C)c4nc5ccc(F)cc5c(=O)n4-c4ccccc4)ncnc32)cc1. The molecule has 1 N–H and O–H groups in total. The highest BCUT2D eigenvalue weighted by atomic mass is 19.1. The van der Waals surface area contributed by atoms with Crippen molar-refractivity contribution >= 4 is 27.8 Å². The maximum absolute atomic E-state index is 14.0. The van der Waals surface area contributed by atoms with E-state index in [0.29, 0.717) is 40.4 Å². The Balaban J connectivity index is 1.44. The number of aromatic nitrogens is 5. The molecule has 0 spiro atoms. The highest BCUT2D eigenvalue weighted by Gasteiger charge is 2.21. The third-order valence-corrected chi connectivity index (χ3v) is 6.87. The van der Waals surface area contributed by atoms with Crippen molar-refractivity contribution in [3.8, 4) is 11.4 Å². The smallest absolute Gasteiger partial charge is 0.266 e. The van der Waals surface area contributed by atoms with E-state index in [9.17, 15) is 14.0 Å². The Hall–Kier alpha value is -5.38. The number of pyridine rings is 1. The number of ether oxygens (including phenoxy) is 1.